The molecular formula is C22H47N3O. The van der Waals surface area contributed by atoms with Crippen molar-refractivity contribution in [1.82, 2.24) is 4.90 Å². The Morgan fingerprint density at radius 2 is 1.19 bits per heavy atom. The predicted molar refractivity (Wildman–Crippen MR) is 114 cm³/mol. The maximum Gasteiger partial charge on any atom is 0.239 e. The number of hydrogen-bond acceptors (Lipinski definition) is 3. The molecule has 0 aliphatic rings. The standard InChI is InChI=1S/C22H47N3O/c1-3-5-7-9-11-15-19-25(20-16-12-10-8-6-4-2)22(26)21(24)17-13-14-18-23/h21H,3-20,23-24H2,1-2H3/t21-/m0/s1. The lowest BCUT2D eigenvalue weighted by molar-refractivity contribution is -0.133. The van der Waals surface area contributed by atoms with E-state index in [-0.39, 0.29) is 11.9 Å². The van der Waals surface area contributed by atoms with Gasteiger partial charge in [-0.25, -0.2) is 0 Å². The van der Waals surface area contributed by atoms with Gasteiger partial charge in [0.2, 0.25) is 5.91 Å². The van der Waals surface area contributed by atoms with Gasteiger partial charge in [-0.2, -0.15) is 0 Å². The fourth-order valence-corrected chi connectivity index (χ4v) is 3.36. The van der Waals surface area contributed by atoms with Crippen LogP contribution in [-0.2, 0) is 4.79 Å². The van der Waals surface area contributed by atoms with Gasteiger partial charge in [0.05, 0.1) is 6.04 Å². The third kappa shape index (κ3) is 14.5. The molecule has 0 radical (unpaired) electrons. The minimum Gasteiger partial charge on any atom is -0.341 e. The molecule has 0 spiro atoms. The summed E-state index contributed by atoms with van der Waals surface area (Å²) in [4.78, 5) is 14.8. The van der Waals surface area contributed by atoms with E-state index in [9.17, 15) is 4.79 Å². The van der Waals surface area contributed by atoms with Gasteiger partial charge in [0.1, 0.15) is 0 Å². The highest BCUT2D eigenvalue weighted by Gasteiger charge is 2.20. The second-order valence-corrected chi connectivity index (χ2v) is 7.75. The third-order valence-corrected chi connectivity index (χ3v) is 5.16. The van der Waals surface area contributed by atoms with E-state index in [1.807, 2.05) is 4.90 Å². The Labute approximate surface area is 163 Å². The van der Waals surface area contributed by atoms with E-state index < -0.39 is 0 Å². The van der Waals surface area contributed by atoms with Gasteiger partial charge in [-0.1, -0.05) is 84.5 Å². The normalized spacial score (nSPS) is 12.3. The number of amides is 1. The third-order valence-electron chi connectivity index (χ3n) is 5.16. The summed E-state index contributed by atoms with van der Waals surface area (Å²) < 4.78 is 0. The highest BCUT2D eigenvalue weighted by molar-refractivity contribution is 5.81. The first-order chi connectivity index (χ1) is 12.7. The Morgan fingerprint density at radius 3 is 1.65 bits per heavy atom. The fraction of sp³-hybridized carbons (Fsp3) is 0.955. The summed E-state index contributed by atoms with van der Waals surface area (Å²) >= 11 is 0. The van der Waals surface area contributed by atoms with Gasteiger partial charge in [-0.3, -0.25) is 4.79 Å². The van der Waals surface area contributed by atoms with E-state index >= 15 is 0 Å². The first kappa shape index (κ1) is 25.4. The van der Waals surface area contributed by atoms with Crippen molar-refractivity contribution in [3.63, 3.8) is 0 Å². The minimum absolute atomic E-state index is 0.157. The molecule has 0 fully saturated rings. The number of unbranched alkanes of at least 4 members (excludes halogenated alkanes) is 11. The number of hydrogen-bond donors (Lipinski definition) is 2. The molecule has 0 heterocycles. The highest BCUT2D eigenvalue weighted by Crippen LogP contribution is 2.11. The molecule has 4 nitrogen and oxygen atoms in total. The molecule has 4 heteroatoms. The van der Waals surface area contributed by atoms with Crippen molar-refractivity contribution in [2.45, 2.75) is 116 Å². The molecule has 0 aliphatic carbocycles. The second kappa shape index (κ2) is 19.2. The van der Waals surface area contributed by atoms with Crippen molar-refractivity contribution in [2.75, 3.05) is 19.6 Å². The van der Waals surface area contributed by atoms with Crippen LogP contribution in [0.3, 0.4) is 0 Å². The van der Waals surface area contributed by atoms with Crippen molar-refractivity contribution in [1.29, 1.82) is 0 Å². The van der Waals surface area contributed by atoms with Crippen molar-refractivity contribution < 1.29 is 4.79 Å². The van der Waals surface area contributed by atoms with E-state index in [4.69, 9.17) is 11.5 Å². The number of rotatable bonds is 19. The molecule has 26 heavy (non-hydrogen) atoms. The minimum atomic E-state index is -0.346. The van der Waals surface area contributed by atoms with Crippen LogP contribution in [0.5, 0.6) is 0 Å². The van der Waals surface area contributed by atoms with Crippen LogP contribution in [0, 0.1) is 0 Å². The Hall–Kier alpha value is -0.610. The maximum atomic E-state index is 12.7. The average Bonchev–Trinajstić information content (AvgIpc) is 2.65. The summed E-state index contributed by atoms with van der Waals surface area (Å²) in [5.74, 6) is 0.157. The smallest absolute Gasteiger partial charge is 0.239 e. The Morgan fingerprint density at radius 1 is 0.731 bits per heavy atom. The van der Waals surface area contributed by atoms with Crippen molar-refractivity contribution in [3.05, 3.63) is 0 Å². The first-order valence-corrected chi connectivity index (χ1v) is 11.4. The topological polar surface area (TPSA) is 72.3 Å². The van der Waals surface area contributed by atoms with Crippen LogP contribution in [0.15, 0.2) is 0 Å². The number of nitrogens with two attached hydrogens (primary N) is 2. The molecule has 4 N–H and O–H groups in total. The van der Waals surface area contributed by atoms with Crippen LogP contribution in [0.1, 0.15) is 110 Å². The summed E-state index contributed by atoms with van der Waals surface area (Å²) in [7, 11) is 0. The SMILES string of the molecule is CCCCCCCCN(CCCCCCCC)C(=O)[C@@H](N)CCCCN. The van der Waals surface area contributed by atoms with Gasteiger partial charge in [0.15, 0.2) is 0 Å². The van der Waals surface area contributed by atoms with E-state index in [1.165, 1.54) is 64.2 Å². The molecule has 156 valence electrons. The van der Waals surface area contributed by atoms with Gasteiger partial charge in [-0.05, 0) is 32.2 Å². The molecule has 0 aliphatic heterocycles. The zero-order chi connectivity index (χ0) is 19.5. The zero-order valence-corrected chi connectivity index (χ0v) is 17.8. The number of carbonyl (C=O) groups is 1. The fourth-order valence-electron chi connectivity index (χ4n) is 3.36. The molecule has 0 aromatic carbocycles. The Bertz CT molecular complexity index is 294. The molecule has 0 saturated carbocycles. The van der Waals surface area contributed by atoms with Crippen molar-refractivity contribution >= 4 is 5.91 Å². The molecule has 1 amide bonds. The summed E-state index contributed by atoms with van der Waals surface area (Å²) in [5.41, 5.74) is 11.7. The summed E-state index contributed by atoms with van der Waals surface area (Å²) in [6, 6.07) is -0.346. The lowest BCUT2D eigenvalue weighted by atomic mass is 10.1. The van der Waals surface area contributed by atoms with Crippen LogP contribution < -0.4 is 11.5 Å². The van der Waals surface area contributed by atoms with Crippen LogP contribution in [0.25, 0.3) is 0 Å². The van der Waals surface area contributed by atoms with E-state index in [2.05, 4.69) is 13.8 Å². The van der Waals surface area contributed by atoms with Gasteiger partial charge in [0, 0.05) is 13.1 Å². The van der Waals surface area contributed by atoms with Crippen molar-refractivity contribution in [2.24, 2.45) is 11.5 Å². The van der Waals surface area contributed by atoms with E-state index in [1.54, 1.807) is 0 Å². The molecule has 0 saturated heterocycles. The molecule has 0 bridgehead atoms. The maximum absolute atomic E-state index is 12.7. The Kier molecular flexibility index (Phi) is 18.7. The van der Waals surface area contributed by atoms with Gasteiger partial charge in [0.25, 0.3) is 0 Å². The monoisotopic (exact) mass is 369 g/mol. The van der Waals surface area contributed by atoms with E-state index in [0.717, 1.165) is 45.2 Å². The van der Waals surface area contributed by atoms with Crippen LogP contribution in [0.2, 0.25) is 0 Å². The predicted octanol–water partition coefficient (Wildman–Crippen LogP) is 4.99. The lowest BCUT2D eigenvalue weighted by Crippen LogP contribution is -2.44. The first-order valence-electron chi connectivity index (χ1n) is 11.4. The van der Waals surface area contributed by atoms with Crippen LogP contribution >= 0.6 is 0 Å². The summed E-state index contributed by atoms with van der Waals surface area (Å²) in [6.07, 6.45) is 17.8. The van der Waals surface area contributed by atoms with Crippen molar-refractivity contribution in [3.8, 4) is 0 Å². The van der Waals surface area contributed by atoms with Gasteiger partial charge >= 0.3 is 0 Å². The summed E-state index contributed by atoms with van der Waals surface area (Å²) in [6.45, 7) is 6.93. The molecular weight excluding hydrogens is 322 g/mol. The highest BCUT2D eigenvalue weighted by atomic mass is 16.2. The number of nitrogens with zero attached hydrogens (tertiary/aromatic N) is 1. The van der Waals surface area contributed by atoms with Crippen LogP contribution in [0.4, 0.5) is 0 Å². The molecule has 0 aromatic rings. The quantitative estimate of drug-likeness (QED) is 0.315. The van der Waals surface area contributed by atoms with Crippen LogP contribution in [-0.4, -0.2) is 36.5 Å². The lowest BCUT2D eigenvalue weighted by Gasteiger charge is -2.26. The van der Waals surface area contributed by atoms with E-state index in [0.29, 0.717) is 6.54 Å². The van der Waals surface area contributed by atoms with Gasteiger partial charge < -0.3 is 16.4 Å². The second-order valence-electron chi connectivity index (χ2n) is 7.75. The molecule has 1 atom stereocenters. The zero-order valence-electron chi connectivity index (χ0n) is 17.8. The molecule has 0 rings (SSSR count). The number of carbonyl (C=O) groups excluding carboxylic acids is 1. The summed E-state index contributed by atoms with van der Waals surface area (Å²) in [5, 5.41) is 0. The largest absolute Gasteiger partial charge is 0.341 e. The molecule has 0 aromatic heterocycles. The average molecular weight is 370 g/mol. The molecule has 0 unspecified atom stereocenters. The Balaban J connectivity index is 4.21. The van der Waals surface area contributed by atoms with Gasteiger partial charge in [-0.15, -0.1) is 0 Å².